The van der Waals surface area contributed by atoms with Crippen molar-refractivity contribution < 1.29 is 9.53 Å². The van der Waals surface area contributed by atoms with E-state index in [2.05, 4.69) is 5.32 Å². The number of rotatable bonds is 4. The van der Waals surface area contributed by atoms with Crippen LogP contribution >= 0.6 is 0 Å². The Morgan fingerprint density at radius 2 is 2.00 bits per heavy atom. The lowest BCUT2D eigenvalue weighted by Crippen LogP contribution is -2.59. The van der Waals surface area contributed by atoms with Crippen LogP contribution in [0.1, 0.15) is 40.0 Å². The molecular weight excluding hydrogens is 204 g/mol. The van der Waals surface area contributed by atoms with E-state index in [0.717, 1.165) is 19.3 Å². The molecule has 0 aromatic heterocycles. The lowest BCUT2D eigenvalue weighted by atomic mass is 9.85. The molecule has 1 aliphatic rings. The summed E-state index contributed by atoms with van der Waals surface area (Å²) in [6, 6.07) is 0. The van der Waals surface area contributed by atoms with E-state index in [1.54, 1.807) is 0 Å². The van der Waals surface area contributed by atoms with Crippen LogP contribution in [0.5, 0.6) is 0 Å². The van der Waals surface area contributed by atoms with Crippen LogP contribution in [0.2, 0.25) is 0 Å². The zero-order chi connectivity index (χ0) is 12.2. The van der Waals surface area contributed by atoms with E-state index in [-0.39, 0.29) is 16.9 Å². The molecule has 0 aromatic carbocycles. The van der Waals surface area contributed by atoms with Gasteiger partial charge in [-0.3, -0.25) is 4.79 Å². The highest BCUT2D eigenvalue weighted by molar-refractivity contribution is 5.82. The van der Waals surface area contributed by atoms with Crippen molar-refractivity contribution in [2.75, 3.05) is 19.8 Å². The Balaban J connectivity index is 2.66. The number of hydrogen-bond acceptors (Lipinski definition) is 3. The average Bonchev–Trinajstić information content (AvgIpc) is 2.30. The molecule has 0 bridgehead atoms. The fraction of sp³-hybridized carbons (Fsp3) is 0.917. The molecule has 1 amide bonds. The first-order valence-electron chi connectivity index (χ1n) is 6.06. The van der Waals surface area contributed by atoms with Crippen molar-refractivity contribution in [1.29, 1.82) is 0 Å². The number of amides is 1. The summed E-state index contributed by atoms with van der Waals surface area (Å²) in [4.78, 5) is 12.1. The third kappa shape index (κ3) is 2.95. The van der Waals surface area contributed by atoms with E-state index in [1.165, 1.54) is 0 Å². The monoisotopic (exact) mass is 228 g/mol. The van der Waals surface area contributed by atoms with Gasteiger partial charge >= 0.3 is 0 Å². The summed E-state index contributed by atoms with van der Waals surface area (Å²) in [6.07, 6.45) is 2.46. The number of ether oxygens (including phenoxy) is 1. The van der Waals surface area contributed by atoms with Crippen LogP contribution in [0.15, 0.2) is 0 Å². The van der Waals surface area contributed by atoms with Gasteiger partial charge in [-0.1, -0.05) is 20.8 Å². The summed E-state index contributed by atoms with van der Waals surface area (Å²) in [5, 5.41) is 3.13. The van der Waals surface area contributed by atoms with E-state index in [4.69, 9.17) is 10.5 Å². The third-order valence-electron chi connectivity index (χ3n) is 3.72. The molecule has 0 aromatic rings. The summed E-state index contributed by atoms with van der Waals surface area (Å²) < 4.78 is 5.31. The Labute approximate surface area is 97.9 Å². The SMILES string of the molecule is CCC(C)(C)C(=O)NC1(CN)CCOCC1. The second-order valence-electron chi connectivity index (χ2n) is 5.29. The molecule has 4 heteroatoms. The Bertz CT molecular complexity index is 245. The minimum absolute atomic E-state index is 0.0994. The van der Waals surface area contributed by atoms with Gasteiger partial charge in [0, 0.05) is 25.2 Å². The quantitative estimate of drug-likeness (QED) is 0.756. The number of carbonyl (C=O) groups excluding carboxylic acids is 1. The molecule has 16 heavy (non-hydrogen) atoms. The van der Waals surface area contributed by atoms with E-state index in [9.17, 15) is 4.79 Å². The van der Waals surface area contributed by atoms with Gasteiger partial charge in [-0.2, -0.15) is 0 Å². The molecule has 0 unspecified atom stereocenters. The molecule has 0 saturated carbocycles. The third-order valence-corrected chi connectivity index (χ3v) is 3.72. The molecule has 1 saturated heterocycles. The maximum Gasteiger partial charge on any atom is 0.226 e. The molecule has 1 rings (SSSR count). The predicted molar refractivity (Wildman–Crippen MR) is 64.1 cm³/mol. The van der Waals surface area contributed by atoms with Gasteiger partial charge in [-0.25, -0.2) is 0 Å². The molecule has 0 spiro atoms. The predicted octanol–water partition coefficient (Wildman–Crippen LogP) is 1.05. The molecule has 1 heterocycles. The van der Waals surface area contributed by atoms with Crippen LogP contribution < -0.4 is 11.1 Å². The van der Waals surface area contributed by atoms with Crippen LogP contribution in [0.3, 0.4) is 0 Å². The largest absolute Gasteiger partial charge is 0.381 e. The Morgan fingerprint density at radius 3 is 2.44 bits per heavy atom. The Morgan fingerprint density at radius 1 is 1.44 bits per heavy atom. The highest BCUT2D eigenvalue weighted by Gasteiger charge is 2.36. The fourth-order valence-corrected chi connectivity index (χ4v) is 1.71. The molecule has 1 aliphatic heterocycles. The van der Waals surface area contributed by atoms with Gasteiger partial charge in [0.05, 0.1) is 5.54 Å². The molecule has 4 nitrogen and oxygen atoms in total. The highest BCUT2D eigenvalue weighted by Crippen LogP contribution is 2.25. The minimum Gasteiger partial charge on any atom is -0.381 e. The topological polar surface area (TPSA) is 64.4 Å². The second kappa shape index (κ2) is 5.15. The van der Waals surface area contributed by atoms with E-state index < -0.39 is 0 Å². The molecular formula is C12H24N2O2. The highest BCUT2D eigenvalue weighted by atomic mass is 16.5. The van der Waals surface area contributed by atoms with Gasteiger partial charge in [0.15, 0.2) is 0 Å². The fourth-order valence-electron chi connectivity index (χ4n) is 1.71. The summed E-state index contributed by atoms with van der Waals surface area (Å²) in [6.45, 7) is 7.81. The van der Waals surface area contributed by atoms with Crippen LogP contribution in [-0.4, -0.2) is 31.2 Å². The number of hydrogen-bond donors (Lipinski definition) is 2. The lowest BCUT2D eigenvalue weighted by Gasteiger charge is -2.39. The van der Waals surface area contributed by atoms with Gasteiger partial charge < -0.3 is 15.8 Å². The van der Waals surface area contributed by atoms with Crippen molar-refractivity contribution >= 4 is 5.91 Å². The van der Waals surface area contributed by atoms with Crippen molar-refractivity contribution in [3.63, 3.8) is 0 Å². The van der Waals surface area contributed by atoms with Gasteiger partial charge in [0.1, 0.15) is 0 Å². The van der Waals surface area contributed by atoms with Crippen molar-refractivity contribution in [3.8, 4) is 0 Å². The van der Waals surface area contributed by atoms with E-state index in [1.807, 2.05) is 20.8 Å². The van der Waals surface area contributed by atoms with Crippen LogP contribution in [0.25, 0.3) is 0 Å². The molecule has 3 N–H and O–H groups in total. The number of carbonyl (C=O) groups is 1. The van der Waals surface area contributed by atoms with Crippen LogP contribution in [0.4, 0.5) is 0 Å². The summed E-state index contributed by atoms with van der Waals surface area (Å²) >= 11 is 0. The molecule has 0 atom stereocenters. The van der Waals surface area contributed by atoms with Crippen molar-refractivity contribution in [2.24, 2.45) is 11.1 Å². The maximum atomic E-state index is 12.1. The minimum atomic E-state index is -0.319. The van der Waals surface area contributed by atoms with Gasteiger partial charge in [-0.15, -0.1) is 0 Å². The van der Waals surface area contributed by atoms with Gasteiger partial charge in [0.2, 0.25) is 5.91 Å². The first-order valence-corrected chi connectivity index (χ1v) is 6.06. The second-order valence-corrected chi connectivity index (χ2v) is 5.29. The van der Waals surface area contributed by atoms with E-state index >= 15 is 0 Å². The first kappa shape index (κ1) is 13.5. The molecule has 94 valence electrons. The smallest absolute Gasteiger partial charge is 0.226 e. The van der Waals surface area contributed by atoms with Gasteiger partial charge in [-0.05, 0) is 19.3 Å². The normalized spacial score (nSPS) is 20.5. The van der Waals surface area contributed by atoms with E-state index in [0.29, 0.717) is 19.8 Å². The lowest BCUT2D eigenvalue weighted by molar-refractivity contribution is -0.132. The van der Waals surface area contributed by atoms with Crippen molar-refractivity contribution in [1.82, 2.24) is 5.32 Å². The van der Waals surface area contributed by atoms with Crippen LogP contribution in [-0.2, 0) is 9.53 Å². The van der Waals surface area contributed by atoms with Crippen LogP contribution in [0, 0.1) is 5.41 Å². The first-order chi connectivity index (χ1) is 7.46. The molecule has 0 radical (unpaired) electrons. The molecule has 1 fully saturated rings. The summed E-state index contributed by atoms with van der Waals surface area (Å²) in [5.74, 6) is 0.0994. The van der Waals surface area contributed by atoms with Crippen molar-refractivity contribution in [3.05, 3.63) is 0 Å². The maximum absolute atomic E-state index is 12.1. The Hall–Kier alpha value is -0.610. The summed E-state index contributed by atoms with van der Waals surface area (Å²) in [5.41, 5.74) is 5.23. The average molecular weight is 228 g/mol. The zero-order valence-corrected chi connectivity index (χ0v) is 10.6. The summed E-state index contributed by atoms with van der Waals surface area (Å²) in [7, 11) is 0. The number of nitrogens with two attached hydrogens (primary N) is 1. The van der Waals surface area contributed by atoms with Crippen molar-refractivity contribution in [2.45, 2.75) is 45.6 Å². The Kier molecular flexibility index (Phi) is 4.33. The number of nitrogens with one attached hydrogen (secondary N) is 1. The van der Waals surface area contributed by atoms with Gasteiger partial charge in [0.25, 0.3) is 0 Å². The standard InChI is InChI=1S/C12H24N2O2/c1-4-11(2,3)10(15)14-12(9-13)5-7-16-8-6-12/h4-9,13H2,1-3H3,(H,14,15). The zero-order valence-electron chi connectivity index (χ0n) is 10.6. The molecule has 0 aliphatic carbocycles.